The van der Waals surface area contributed by atoms with Gasteiger partial charge in [0.1, 0.15) is 12.4 Å². The Morgan fingerprint density at radius 2 is 1.84 bits per heavy atom. The summed E-state index contributed by atoms with van der Waals surface area (Å²) in [5.41, 5.74) is 8.34. The van der Waals surface area contributed by atoms with Gasteiger partial charge >= 0.3 is 0 Å². The van der Waals surface area contributed by atoms with Crippen LogP contribution in [0.4, 0.5) is 11.6 Å². The van der Waals surface area contributed by atoms with Gasteiger partial charge in [0.15, 0.2) is 5.82 Å². The van der Waals surface area contributed by atoms with Crippen LogP contribution in [0.25, 0.3) is 0 Å². The van der Waals surface area contributed by atoms with Gasteiger partial charge in [-0.1, -0.05) is 36.4 Å². The fourth-order valence-electron chi connectivity index (χ4n) is 3.51. The number of hydrogen-bond donors (Lipinski definition) is 3. The van der Waals surface area contributed by atoms with Crippen LogP contribution in [-0.4, -0.2) is 26.0 Å². The topological polar surface area (TPSA) is 115 Å². The molecular formula is C24H30N6O2. The quantitative estimate of drug-likeness (QED) is 0.502. The summed E-state index contributed by atoms with van der Waals surface area (Å²) in [6, 6.07) is 13.6. The van der Waals surface area contributed by atoms with Crippen molar-refractivity contribution in [1.29, 1.82) is 0 Å². The second-order valence-corrected chi connectivity index (χ2v) is 8.57. The van der Waals surface area contributed by atoms with E-state index in [1.165, 1.54) is 4.57 Å². The van der Waals surface area contributed by atoms with Crippen LogP contribution in [0.1, 0.15) is 36.4 Å². The van der Waals surface area contributed by atoms with Crippen LogP contribution in [0.5, 0.6) is 0 Å². The second kappa shape index (κ2) is 9.64. The molecule has 2 aromatic heterocycles. The normalized spacial score (nSPS) is 11.2. The lowest BCUT2D eigenvalue weighted by Crippen LogP contribution is -2.39. The molecule has 2 heterocycles. The first-order valence-electron chi connectivity index (χ1n) is 10.5. The zero-order valence-electron chi connectivity index (χ0n) is 19.0. The number of benzene rings is 1. The van der Waals surface area contributed by atoms with Gasteiger partial charge in [0.05, 0.1) is 0 Å². The SMILES string of the molecule is Cc1nc(N)ccc1CNC(=O)Cn1c(C)cnc(NC(C)(C)Cc2ccccc2)c1=O. The van der Waals surface area contributed by atoms with Crippen LogP contribution in [0.15, 0.2) is 53.5 Å². The summed E-state index contributed by atoms with van der Waals surface area (Å²) in [5, 5.41) is 6.09. The van der Waals surface area contributed by atoms with Crippen molar-refractivity contribution in [3.8, 4) is 0 Å². The average molecular weight is 435 g/mol. The molecule has 0 aliphatic heterocycles. The zero-order chi connectivity index (χ0) is 23.3. The molecule has 0 atom stereocenters. The molecule has 0 unspecified atom stereocenters. The standard InChI is InChI=1S/C24H30N6O2/c1-16-13-27-22(29-24(3,4)12-18-8-6-5-7-9-18)23(32)30(16)15-21(31)26-14-19-10-11-20(25)28-17(19)2/h5-11,13H,12,14-15H2,1-4H3,(H2,25,28)(H,26,31)(H,27,29). The van der Waals surface area contributed by atoms with Crippen molar-refractivity contribution in [2.75, 3.05) is 11.1 Å². The van der Waals surface area contributed by atoms with Crippen LogP contribution in [0.3, 0.4) is 0 Å². The first-order chi connectivity index (χ1) is 15.1. The molecule has 8 nitrogen and oxygen atoms in total. The van der Waals surface area contributed by atoms with Crippen molar-refractivity contribution in [3.05, 3.63) is 81.5 Å². The largest absolute Gasteiger partial charge is 0.384 e. The number of nitrogen functional groups attached to an aromatic ring is 1. The van der Waals surface area contributed by atoms with Crippen molar-refractivity contribution in [1.82, 2.24) is 19.9 Å². The van der Waals surface area contributed by atoms with E-state index >= 15 is 0 Å². The minimum Gasteiger partial charge on any atom is -0.384 e. The van der Waals surface area contributed by atoms with Gasteiger partial charge in [-0.2, -0.15) is 0 Å². The molecule has 0 aliphatic rings. The highest BCUT2D eigenvalue weighted by atomic mass is 16.2. The van der Waals surface area contributed by atoms with Crippen LogP contribution < -0.4 is 21.9 Å². The number of nitrogens with zero attached hydrogens (tertiary/aromatic N) is 3. The molecule has 1 aromatic carbocycles. The number of hydrogen-bond acceptors (Lipinski definition) is 6. The first-order valence-corrected chi connectivity index (χ1v) is 10.5. The summed E-state index contributed by atoms with van der Waals surface area (Å²) in [7, 11) is 0. The van der Waals surface area contributed by atoms with E-state index in [1.54, 1.807) is 19.2 Å². The number of aryl methyl sites for hydroxylation is 2. The molecular weight excluding hydrogens is 404 g/mol. The Labute approximate surface area is 187 Å². The molecule has 0 fully saturated rings. The average Bonchev–Trinajstić information content (AvgIpc) is 2.73. The number of anilines is 2. The van der Waals surface area contributed by atoms with Crippen molar-refractivity contribution in [2.45, 2.75) is 52.7 Å². The van der Waals surface area contributed by atoms with E-state index < -0.39 is 5.54 Å². The van der Waals surface area contributed by atoms with Gasteiger partial charge in [-0.3, -0.25) is 14.2 Å². The van der Waals surface area contributed by atoms with Crippen molar-refractivity contribution >= 4 is 17.5 Å². The monoisotopic (exact) mass is 434 g/mol. The Kier molecular flexibility index (Phi) is 6.92. The molecule has 0 bridgehead atoms. The lowest BCUT2D eigenvalue weighted by atomic mass is 9.95. The van der Waals surface area contributed by atoms with E-state index in [0.29, 0.717) is 18.1 Å². The summed E-state index contributed by atoms with van der Waals surface area (Å²) in [6.45, 7) is 7.84. The lowest BCUT2D eigenvalue weighted by Gasteiger charge is -2.27. The minimum atomic E-state index is -0.400. The van der Waals surface area contributed by atoms with Gasteiger partial charge in [-0.25, -0.2) is 9.97 Å². The molecule has 3 aromatic rings. The molecule has 1 amide bonds. The van der Waals surface area contributed by atoms with E-state index in [9.17, 15) is 9.59 Å². The number of rotatable bonds is 8. The molecule has 0 saturated heterocycles. The molecule has 168 valence electrons. The Bertz CT molecular complexity index is 1150. The van der Waals surface area contributed by atoms with Crippen LogP contribution in [0, 0.1) is 13.8 Å². The zero-order valence-corrected chi connectivity index (χ0v) is 19.0. The highest BCUT2D eigenvalue weighted by molar-refractivity contribution is 5.75. The number of aromatic nitrogens is 3. The highest BCUT2D eigenvalue weighted by Crippen LogP contribution is 2.16. The first kappa shape index (κ1) is 23.0. The number of pyridine rings is 1. The Morgan fingerprint density at radius 3 is 2.53 bits per heavy atom. The van der Waals surface area contributed by atoms with Crippen LogP contribution in [-0.2, 0) is 24.3 Å². The van der Waals surface area contributed by atoms with E-state index in [4.69, 9.17) is 5.73 Å². The predicted molar refractivity (Wildman–Crippen MR) is 126 cm³/mol. The Morgan fingerprint density at radius 1 is 1.12 bits per heavy atom. The molecule has 0 saturated carbocycles. The predicted octanol–water partition coefficient (Wildman–Crippen LogP) is 2.59. The van der Waals surface area contributed by atoms with Gasteiger partial charge in [0, 0.05) is 29.7 Å². The van der Waals surface area contributed by atoms with E-state index in [-0.39, 0.29) is 23.8 Å². The molecule has 0 aliphatic carbocycles. The number of nitrogens with two attached hydrogens (primary N) is 1. The maximum absolute atomic E-state index is 13.1. The number of carbonyl (C=O) groups excluding carboxylic acids is 1. The Hall–Kier alpha value is -3.68. The lowest BCUT2D eigenvalue weighted by molar-refractivity contribution is -0.121. The van der Waals surface area contributed by atoms with E-state index in [1.807, 2.05) is 57.2 Å². The molecule has 3 rings (SSSR count). The van der Waals surface area contributed by atoms with Crippen molar-refractivity contribution in [2.24, 2.45) is 0 Å². The number of amides is 1. The van der Waals surface area contributed by atoms with Gasteiger partial charge in [-0.15, -0.1) is 0 Å². The smallest absolute Gasteiger partial charge is 0.293 e. The van der Waals surface area contributed by atoms with Crippen LogP contribution >= 0.6 is 0 Å². The molecule has 8 heteroatoms. The number of carbonyl (C=O) groups is 1. The highest BCUT2D eigenvalue weighted by Gasteiger charge is 2.21. The van der Waals surface area contributed by atoms with Crippen molar-refractivity contribution < 1.29 is 4.79 Å². The summed E-state index contributed by atoms with van der Waals surface area (Å²) in [4.78, 5) is 34.1. The third-order valence-corrected chi connectivity index (χ3v) is 5.19. The summed E-state index contributed by atoms with van der Waals surface area (Å²) < 4.78 is 1.43. The summed E-state index contributed by atoms with van der Waals surface area (Å²) >= 11 is 0. The van der Waals surface area contributed by atoms with Crippen molar-refractivity contribution in [3.63, 3.8) is 0 Å². The van der Waals surface area contributed by atoms with Gasteiger partial charge < -0.3 is 16.4 Å². The van der Waals surface area contributed by atoms with E-state index in [2.05, 4.69) is 20.6 Å². The Balaban J connectivity index is 1.70. The minimum absolute atomic E-state index is 0.0948. The van der Waals surface area contributed by atoms with Gasteiger partial charge in [0.25, 0.3) is 5.56 Å². The molecule has 4 N–H and O–H groups in total. The third kappa shape index (κ3) is 5.94. The fraction of sp³-hybridized carbons (Fsp3) is 0.333. The van der Waals surface area contributed by atoms with Crippen LogP contribution in [0.2, 0.25) is 0 Å². The number of nitrogens with one attached hydrogen (secondary N) is 2. The van der Waals surface area contributed by atoms with E-state index in [0.717, 1.165) is 23.2 Å². The van der Waals surface area contributed by atoms with Gasteiger partial charge in [-0.05, 0) is 51.3 Å². The maximum Gasteiger partial charge on any atom is 0.293 e. The summed E-state index contributed by atoms with van der Waals surface area (Å²) in [5.74, 6) is 0.391. The summed E-state index contributed by atoms with van der Waals surface area (Å²) in [6.07, 6.45) is 2.32. The fourth-order valence-corrected chi connectivity index (χ4v) is 3.51. The third-order valence-electron chi connectivity index (χ3n) is 5.19. The van der Waals surface area contributed by atoms with Gasteiger partial charge in [0.2, 0.25) is 5.91 Å². The molecule has 0 radical (unpaired) electrons. The molecule has 0 spiro atoms. The second-order valence-electron chi connectivity index (χ2n) is 8.57. The maximum atomic E-state index is 13.1. The molecule has 32 heavy (non-hydrogen) atoms.